The van der Waals surface area contributed by atoms with E-state index in [4.69, 9.17) is 20.8 Å². The predicted octanol–water partition coefficient (Wildman–Crippen LogP) is 4.50. The van der Waals surface area contributed by atoms with Crippen LogP contribution in [0.3, 0.4) is 0 Å². The lowest BCUT2D eigenvalue weighted by Gasteiger charge is -2.02. The molecule has 0 bridgehead atoms. The van der Waals surface area contributed by atoms with Crippen molar-refractivity contribution in [2.24, 2.45) is 0 Å². The van der Waals surface area contributed by atoms with E-state index in [0.29, 0.717) is 27.6 Å². The number of rotatable bonds is 7. The van der Waals surface area contributed by atoms with Crippen molar-refractivity contribution in [2.45, 2.75) is 17.6 Å². The van der Waals surface area contributed by atoms with Gasteiger partial charge in [0.1, 0.15) is 5.75 Å². The van der Waals surface area contributed by atoms with Gasteiger partial charge >= 0.3 is 0 Å². The van der Waals surface area contributed by atoms with Crippen molar-refractivity contribution in [3.05, 3.63) is 75.1 Å². The van der Waals surface area contributed by atoms with E-state index in [-0.39, 0.29) is 12.3 Å². The van der Waals surface area contributed by atoms with Crippen LogP contribution in [-0.4, -0.2) is 15.1 Å². The van der Waals surface area contributed by atoms with Crippen LogP contribution < -0.4 is 4.74 Å². The van der Waals surface area contributed by atoms with E-state index in [0.717, 1.165) is 5.56 Å². The van der Waals surface area contributed by atoms with Gasteiger partial charge in [0.2, 0.25) is 0 Å². The zero-order valence-electron chi connectivity index (χ0n) is 12.8. The highest BCUT2D eigenvalue weighted by Crippen LogP contribution is 2.23. The van der Waals surface area contributed by atoms with Gasteiger partial charge in [-0.05, 0) is 29.8 Å². The maximum atomic E-state index is 10.6. The highest BCUT2D eigenvalue weighted by Gasteiger charge is 2.09. The van der Waals surface area contributed by atoms with Crippen molar-refractivity contribution < 1.29 is 14.1 Å². The minimum Gasteiger partial charge on any atom is -0.484 e. The lowest BCUT2D eigenvalue weighted by molar-refractivity contribution is -0.384. The average molecular weight is 378 g/mol. The molecular weight excluding hydrogens is 366 g/mol. The third kappa shape index (κ3) is 4.94. The van der Waals surface area contributed by atoms with Crippen LogP contribution in [0.1, 0.15) is 11.5 Å². The van der Waals surface area contributed by atoms with E-state index < -0.39 is 4.92 Å². The Balaban J connectivity index is 1.51. The largest absolute Gasteiger partial charge is 0.484 e. The summed E-state index contributed by atoms with van der Waals surface area (Å²) >= 11 is 7.16. The Labute approximate surface area is 152 Å². The molecule has 128 valence electrons. The Morgan fingerprint density at radius 3 is 2.52 bits per heavy atom. The molecule has 0 spiro atoms. The van der Waals surface area contributed by atoms with Crippen LogP contribution in [-0.2, 0) is 12.4 Å². The SMILES string of the molecule is O=[N+]([O-])c1ccc(CSc2nnc(COc3ccc(Cl)cc3)o2)cc1. The maximum absolute atomic E-state index is 10.6. The van der Waals surface area contributed by atoms with Gasteiger partial charge < -0.3 is 9.15 Å². The fourth-order valence-electron chi connectivity index (χ4n) is 1.89. The summed E-state index contributed by atoms with van der Waals surface area (Å²) in [6.07, 6.45) is 0. The molecule has 0 aliphatic heterocycles. The smallest absolute Gasteiger partial charge is 0.277 e. The lowest BCUT2D eigenvalue weighted by atomic mass is 10.2. The van der Waals surface area contributed by atoms with Crippen LogP contribution in [0.2, 0.25) is 5.02 Å². The number of hydrogen-bond acceptors (Lipinski definition) is 7. The van der Waals surface area contributed by atoms with Crippen molar-refractivity contribution in [3.8, 4) is 5.75 Å². The van der Waals surface area contributed by atoms with Gasteiger partial charge in [0, 0.05) is 22.9 Å². The molecule has 1 heterocycles. The number of thioether (sulfide) groups is 1. The second kappa shape index (κ2) is 8.00. The Bertz CT molecular complexity index is 853. The molecule has 1 aromatic heterocycles. The van der Waals surface area contributed by atoms with E-state index in [1.807, 2.05) is 0 Å². The van der Waals surface area contributed by atoms with Crippen molar-refractivity contribution >= 4 is 29.1 Å². The molecule has 0 saturated heterocycles. The second-order valence-electron chi connectivity index (χ2n) is 4.92. The summed E-state index contributed by atoms with van der Waals surface area (Å²) in [5.74, 6) is 1.58. The maximum Gasteiger partial charge on any atom is 0.277 e. The van der Waals surface area contributed by atoms with Crippen LogP contribution in [0.25, 0.3) is 0 Å². The first-order valence-corrected chi connectivity index (χ1v) is 8.53. The van der Waals surface area contributed by atoms with Crippen LogP contribution in [0.4, 0.5) is 5.69 Å². The third-order valence-corrected chi connectivity index (χ3v) is 4.28. The first kappa shape index (κ1) is 17.2. The van der Waals surface area contributed by atoms with E-state index in [2.05, 4.69) is 10.2 Å². The molecule has 0 fully saturated rings. The third-order valence-electron chi connectivity index (χ3n) is 3.13. The van der Waals surface area contributed by atoms with Gasteiger partial charge in [-0.25, -0.2) is 0 Å². The normalized spacial score (nSPS) is 10.6. The van der Waals surface area contributed by atoms with Crippen LogP contribution in [0.5, 0.6) is 5.75 Å². The number of nitro benzene ring substituents is 1. The predicted molar refractivity (Wildman–Crippen MR) is 92.7 cm³/mol. The Kier molecular flexibility index (Phi) is 5.52. The molecule has 0 radical (unpaired) electrons. The molecule has 0 amide bonds. The average Bonchev–Trinajstić information content (AvgIpc) is 3.08. The molecule has 0 saturated carbocycles. The Hall–Kier alpha value is -2.58. The number of nitro groups is 1. The van der Waals surface area contributed by atoms with Crippen molar-refractivity contribution in [1.82, 2.24) is 10.2 Å². The number of hydrogen-bond donors (Lipinski definition) is 0. The number of benzene rings is 2. The quantitative estimate of drug-likeness (QED) is 0.340. The molecule has 2 aromatic carbocycles. The zero-order valence-corrected chi connectivity index (χ0v) is 14.4. The minimum absolute atomic E-state index is 0.0631. The monoisotopic (exact) mass is 377 g/mol. The lowest BCUT2D eigenvalue weighted by Crippen LogP contribution is -1.95. The van der Waals surface area contributed by atoms with E-state index in [1.54, 1.807) is 36.4 Å². The van der Waals surface area contributed by atoms with Gasteiger partial charge in [-0.1, -0.05) is 35.5 Å². The molecule has 0 aliphatic carbocycles. The molecule has 9 heteroatoms. The fraction of sp³-hybridized carbons (Fsp3) is 0.125. The van der Waals surface area contributed by atoms with E-state index in [1.165, 1.54) is 23.9 Å². The highest BCUT2D eigenvalue weighted by atomic mass is 35.5. The molecular formula is C16H12ClN3O4S. The molecule has 25 heavy (non-hydrogen) atoms. The summed E-state index contributed by atoms with van der Waals surface area (Å²) in [5, 5.41) is 19.5. The minimum atomic E-state index is -0.429. The number of nitrogens with zero attached hydrogens (tertiary/aromatic N) is 3. The van der Waals surface area contributed by atoms with Crippen LogP contribution in [0.15, 0.2) is 58.2 Å². The topological polar surface area (TPSA) is 91.3 Å². The molecule has 3 rings (SSSR count). The van der Waals surface area contributed by atoms with Gasteiger partial charge in [0.25, 0.3) is 16.8 Å². The summed E-state index contributed by atoms with van der Waals surface area (Å²) in [6, 6.07) is 13.3. The standard InChI is InChI=1S/C16H12ClN3O4S/c17-12-3-7-14(8-4-12)23-9-15-18-19-16(24-15)25-10-11-1-5-13(6-2-11)20(21)22/h1-8H,9-10H2. The van der Waals surface area contributed by atoms with Gasteiger partial charge in [0.05, 0.1) is 4.92 Å². The van der Waals surface area contributed by atoms with Gasteiger partial charge in [-0.3, -0.25) is 10.1 Å². The summed E-state index contributed by atoms with van der Waals surface area (Å²) in [4.78, 5) is 10.2. The van der Waals surface area contributed by atoms with Crippen molar-refractivity contribution in [1.29, 1.82) is 0 Å². The summed E-state index contributed by atoms with van der Waals surface area (Å²) in [5.41, 5.74) is 0.987. The number of aromatic nitrogens is 2. The van der Waals surface area contributed by atoms with E-state index in [9.17, 15) is 10.1 Å². The first-order chi connectivity index (χ1) is 12.1. The highest BCUT2D eigenvalue weighted by molar-refractivity contribution is 7.98. The molecule has 0 atom stereocenters. The summed E-state index contributed by atoms with van der Waals surface area (Å²) in [6.45, 7) is 0.159. The fourth-order valence-corrected chi connectivity index (χ4v) is 2.75. The van der Waals surface area contributed by atoms with Gasteiger partial charge in [-0.15, -0.1) is 10.2 Å². The van der Waals surface area contributed by atoms with Crippen molar-refractivity contribution in [3.63, 3.8) is 0 Å². The number of ether oxygens (including phenoxy) is 1. The van der Waals surface area contributed by atoms with Crippen LogP contribution >= 0.6 is 23.4 Å². The zero-order chi connectivity index (χ0) is 17.6. The summed E-state index contributed by atoms with van der Waals surface area (Å²) in [7, 11) is 0. The summed E-state index contributed by atoms with van der Waals surface area (Å²) < 4.78 is 11.0. The van der Waals surface area contributed by atoms with E-state index >= 15 is 0 Å². The molecule has 0 unspecified atom stereocenters. The molecule has 3 aromatic rings. The van der Waals surface area contributed by atoms with Gasteiger partial charge in [0.15, 0.2) is 6.61 Å². The van der Waals surface area contributed by atoms with Crippen LogP contribution in [0, 0.1) is 10.1 Å². The second-order valence-corrected chi connectivity index (χ2v) is 6.28. The molecule has 0 N–H and O–H groups in total. The Morgan fingerprint density at radius 2 is 1.84 bits per heavy atom. The number of non-ortho nitro benzene ring substituents is 1. The van der Waals surface area contributed by atoms with Crippen molar-refractivity contribution in [2.75, 3.05) is 0 Å². The van der Waals surface area contributed by atoms with Gasteiger partial charge in [-0.2, -0.15) is 0 Å². The number of halogens is 1. The molecule has 0 aliphatic rings. The molecule has 7 nitrogen and oxygen atoms in total. The first-order valence-electron chi connectivity index (χ1n) is 7.17. The Morgan fingerprint density at radius 1 is 1.12 bits per heavy atom.